The number of nitrogens with one attached hydrogen (secondary N) is 1. The zero-order chi connectivity index (χ0) is 27.7. The molecule has 0 aromatic carbocycles. The van der Waals surface area contributed by atoms with Crippen LogP contribution in [-0.4, -0.2) is 76.7 Å². The van der Waals surface area contributed by atoms with Gasteiger partial charge in [-0.15, -0.1) is 5.10 Å². The van der Waals surface area contributed by atoms with Crippen LogP contribution in [0, 0.1) is 18.3 Å². The zero-order valence-corrected chi connectivity index (χ0v) is 22.8. The van der Waals surface area contributed by atoms with E-state index in [1.807, 2.05) is 45.2 Å². The average molecular weight is 532 g/mol. The molecule has 12 nitrogen and oxygen atoms in total. The molecule has 0 saturated carbocycles. The SMILES string of the molecule is CCN1Cc2c(c(OCC#N)nn2C[C@H](C)O)/C=C/c2[nH]nc3ncc(cc23)-c2c(C)nn(C)c2O[C@@H](C)C1. The highest BCUT2D eigenvalue weighted by molar-refractivity contribution is 5.91. The van der Waals surface area contributed by atoms with Crippen molar-refractivity contribution >= 4 is 23.2 Å². The van der Waals surface area contributed by atoms with E-state index in [0.29, 0.717) is 30.5 Å². The number of hydrogen-bond acceptors (Lipinski definition) is 9. The summed E-state index contributed by atoms with van der Waals surface area (Å²) in [5.41, 5.74) is 5.59. The Balaban J connectivity index is 1.71. The molecule has 0 amide bonds. The minimum atomic E-state index is -0.622. The van der Waals surface area contributed by atoms with E-state index in [2.05, 4.69) is 37.2 Å². The fourth-order valence-corrected chi connectivity index (χ4v) is 4.99. The average Bonchev–Trinajstić information content (AvgIpc) is 3.53. The summed E-state index contributed by atoms with van der Waals surface area (Å²) < 4.78 is 15.8. The highest BCUT2D eigenvalue weighted by Crippen LogP contribution is 2.35. The number of nitrogens with zero attached hydrogens (tertiary/aromatic N) is 8. The van der Waals surface area contributed by atoms with E-state index in [4.69, 9.17) is 14.7 Å². The molecule has 4 aromatic rings. The topological polar surface area (TPSA) is 143 Å². The highest BCUT2D eigenvalue weighted by atomic mass is 16.5. The van der Waals surface area contributed by atoms with E-state index >= 15 is 0 Å². The second-order valence-corrected chi connectivity index (χ2v) is 9.85. The molecule has 0 fully saturated rings. The molecule has 2 bridgehead atoms. The lowest BCUT2D eigenvalue weighted by atomic mass is 10.1. The van der Waals surface area contributed by atoms with Crippen molar-refractivity contribution in [3.8, 4) is 29.0 Å². The van der Waals surface area contributed by atoms with Crippen LogP contribution in [0.4, 0.5) is 0 Å². The van der Waals surface area contributed by atoms with Gasteiger partial charge in [0.25, 0.3) is 0 Å². The number of ether oxygens (including phenoxy) is 2. The molecule has 12 heteroatoms. The van der Waals surface area contributed by atoms with E-state index in [-0.39, 0.29) is 19.3 Å². The summed E-state index contributed by atoms with van der Waals surface area (Å²) in [4.78, 5) is 6.85. The Morgan fingerprint density at radius 3 is 2.90 bits per heavy atom. The van der Waals surface area contributed by atoms with Crippen LogP contribution < -0.4 is 9.47 Å². The van der Waals surface area contributed by atoms with Crippen molar-refractivity contribution in [2.24, 2.45) is 7.05 Å². The molecule has 5 heterocycles. The highest BCUT2D eigenvalue weighted by Gasteiger charge is 2.25. The van der Waals surface area contributed by atoms with Crippen LogP contribution in [0.3, 0.4) is 0 Å². The molecule has 0 radical (unpaired) electrons. The molecular weight excluding hydrogens is 498 g/mol. The van der Waals surface area contributed by atoms with Crippen LogP contribution in [0.15, 0.2) is 12.3 Å². The van der Waals surface area contributed by atoms with Gasteiger partial charge in [-0.2, -0.15) is 15.5 Å². The molecule has 39 heavy (non-hydrogen) atoms. The summed E-state index contributed by atoms with van der Waals surface area (Å²) in [5, 5.41) is 36.9. The fourth-order valence-electron chi connectivity index (χ4n) is 4.99. The molecule has 204 valence electrons. The third-order valence-corrected chi connectivity index (χ3v) is 6.74. The van der Waals surface area contributed by atoms with E-state index in [1.165, 1.54) is 0 Å². The second kappa shape index (κ2) is 10.9. The Labute approximate surface area is 226 Å². The predicted molar refractivity (Wildman–Crippen MR) is 146 cm³/mol. The van der Waals surface area contributed by atoms with Gasteiger partial charge in [0.05, 0.1) is 40.9 Å². The summed E-state index contributed by atoms with van der Waals surface area (Å²) in [5.74, 6) is 1.02. The maximum atomic E-state index is 10.2. The summed E-state index contributed by atoms with van der Waals surface area (Å²) in [6, 6.07) is 4.05. The number of likely N-dealkylation sites (N-methyl/N-ethyl adjacent to an activating group) is 1. The quantitative estimate of drug-likeness (QED) is 0.397. The number of H-pyrrole nitrogens is 1. The molecule has 4 aromatic heterocycles. The van der Waals surface area contributed by atoms with Gasteiger partial charge in [0.1, 0.15) is 12.2 Å². The molecule has 2 atom stereocenters. The molecule has 1 aliphatic heterocycles. The largest absolute Gasteiger partial charge is 0.473 e. The number of aromatic amines is 1. The van der Waals surface area contributed by atoms with Crippen molar-refractivity contribution in [3.63, 3.8) is 0 Å². The number of rotatable bonds is 5. The second-order valence-electron chi connectivity index (χ2n) is 9.85. The van der Waals surface area contributed by atoms with Crippen molar-refractivity contribution in [2.45, 2.75) is 53.0 Å². The molecule has 0 unspecified atom stereocenters. The first kappa shape index (κ1) is 26.4. The minimum absolute atomic E-state index is 0.139. The van der Waals surface area contributed by atoms with E-state index in [1.54, 1.807) is 22.5 Å². The van der Waals surface area contributed by atoms with Gasteiger partial charge < -0.3 is 14.6 Å². The lowest BCUT2D eigenvalue weighted by Gasteiger charge is -2.26. The molecule has 2 N–H and O–H groups in total. The predicted octanol–water partition coefficient (Wildman–Crippen LogP) is 2.92. The van der Waals surface area contributed by atoms with E-state index in [0.717, 1.165) is 45.7 Å². The van der Waals surface area contributed by atoms with Gasteiger partial charge in [-0.3, -0.25) is 14.7 Å². The van der Waals surface area contributed by atoms with Gasteiger partial charge in [-0.25, -0.2) is 9.67 Å². The minimum Gasteiger partial charge on any atom is -0.473 e. The lowest BCUT2D eigenvalue weighted by Crippen LogP contribution is -2.35. The van der Waals surface area contributed by atoms with Crippen molar-refractivity contribution in [1.29, 1.82) is 5.26 Å². The molecule has 0 aliphatic carbocycles. The summed E-state index contributed by atoms with van der Waals surface area (Å²) >= 11 is 0. The van der Waals surface area contributed by atoms with Crippen LogP contribution in [0.5, 0.6) is 11.8 Å². The Hall–Kier alpha value is -4.21. The molecule has 5 rings (SSSR count). The first-order valence-electron chi connectivity index (χ1n) is 13.0. The summed E-state index contributed by atoms with van der Waals surface area (Å²) in [6.07, 6.45) is 4.84. The van der Waals surface area contributed by atoms with E-state index < -0.39 is 6.10 Å². The van der Waals surface area contributed by atoms with Crippen LogP contribution in [0.2, 0.25) is 0 Å². The Morgan fingerprint density at radius 2 is 2.15 bits per heavy atom. The van der Waals surface area contributed by atoms with Gasteiger partial charge in [0.15, 0.2) is 12.3 Å². The number of fused-ring (bicyclic) bond motifs is 4. The maximum absolute atomic E-state index is 10.2. The number of aliphatic hydroxyl groups is 1. The number of nitriles is 1. The zero-order valence-electron chi connectivity index (χ0n) is 22.8. The smallest absolute Gasteiger partial charge is 0.241 e. The number of aliphatic hydroxyl groups excluding tert-OH is 1. The molecular formula is C27H33N9O3. The van der Waals surface area contributed by atoms with Crippen LogP contribution >= 0.6 is 0 Å². The van der Waals surface area contributed by atoms with Crippen LogP contribution in [0.1, 0.15) is 43.4 Å². The third kappa shape index (κ3) is 5.23. The standard InChI is InChI=1S/C27H33N9O3/c1-6-35-14-17(3)39-27-24(18(4)32-34(27)5)19-11-21-22(30-31-25(21)29-12-19)8-7-20-23(15-35)36(13-16(2)37)33-26(20)38-10-9-28/h7-8,11-12,16-17,37H,6,10,13-15H2,1-5H3,(H,29,30,31)/b8-7+/t16-,17-/m0/s1. The first-order chi connectivity index (χ1) is 18.8. The maximum Gasteiger partial charge on any atom is 0.241 e. The molecule has 0 saturated heterocycles. The Kier molecular flexibility index (Phi) is 7.36. The number of aryl methyl sites for hydroxylation is 2. The third-order valence-electron chi connectivity index (χ3n) is 6.74. The molecule has 1 aliphatic rings. The van der Waals surface area contributed by atoms with Crippen molar-refractivity contribution < 1.29 is 14.6 Å². The van der Waals surface area contributed by atoms with Crippen LogP contribution in [0.25, 0.3) is 34.3 Å². The van der Waals surface area contributed by atoms with Gasteiger partial charge in [-0.05, 0) is 45.5 Å². The van der Waals surface area contributed by atoms with Crippen molar-refractivity contribution in [1.82, 2.24) is 39.6 Å². The molecule has 0 spiro atoms. The summed E-state index contributed by atoms with van der Waals surface area (Å²) in [6.45, 7) is 9.89. The van der Waals surface area contributed by atoms with Gasteiger partial charge >= 0.3 is 0 Å². The van der Waals surface area contributed by atoms with Gasteiger partial charge in [0, 0.05) is 37.3 Å². The fraction of sp³-hybridized carbons (Fsp3) is 0.444. The number of hydrogen-bond donors (Lipinski definition) is 2. The monoisotopic (exact) mass is 531 g/mol. The summed E-state index contributed by atoms with van der Waals surface area (Å²) in [7, 11) is 1.88. The van der Waals surface area contributed by atoms with Gasteiger partial charge in [0.2, 0.25) is 11.8 Å². The normalized spacial score (nSPS) is 17.5. The number of aromatic nitrogens is 7. The van der Waals surface area contributed by atoms with E-state index in [9.17, 15) is 5.11 Å². The van der Waals surface area contributed by atoms with Crippen LogP contribution in [-0.2, 0) is 20.1 Å². The Bertz CT molecular complexity index is 1560. The Morgan fingerprint density at radius 1 is 1.33 bits per heavy atom. The van der Waals surface area contributed by atoms with Gasteiger partial charge in [-0.1, -0.05) is 6.92 Å². The van der Waals surface area contributed by atoms with Crippen molar-refractivity contribution in [2.75, 3.05) is 19.7 Å². The first-order valence-corrected chi connectivity index (χ1v) is 13.0. The van der Waals surface area contributed by atoms with Crippen molar-refractivity contribution in [3.05, 3.63) is 34.9 Å². The number of pyridine rings is 1. The lowest BCUT2D eigenvalue weighted by molar-refractivity contribution is 0.131.